The van der Waals surface area contributed by atoms with E-state index < -0.39 is 10.4 Å². The van der Waals surface area contributed by atoms with E-state index in [1.807, 2.05) is 19.1 Å². The molecule has 0 spiro atoms. The fourth-order valence-corrected chi connectivity index (χ4v) is 1.06. The van der Waals surface area contributed by atoms with Crippen LogP contribution in [0.3, 0.4) is 0 Å². The first kappa shape index (κ1) is 20.1. The molecule has 0 saturated carbocycles. The normalized spacial score (nSPS) is 9.79. The van der Waals surface area contributed by atoms with Crippen molar-refractivity contribution in [2.75, 3.05) is 18.9 Å². The van der Waals surface area contributed by atoms with Crippen molar-refractivity contribution in [1.82, 2.24) is 0 Å². The summed E-state index contributed by atoms with van der Waals surface area (Å²) in [5.74, 6) is 0. The topological polar surface area (TPSA) is 147 Å². The molecule has 0 aromatic heterocycles. The van der Waals surface area contributed by atoms with Gasteiger partial charge < -0.3 is 16.6 Å². The van der Waals surface area contributed by atoms with Gasteiger partial charge in [0.1, 0.15) is 0 Å². The smallest absolute Gasteiger partial charge is 0.394 e. The first-order valence-corrected chi connectivity index (χ1v) is 6.91. The molecule has 0 fully saturated rings. The van der Waals surface area contributed by atoms with Gasteiger partial charge in [0.05, 0.1) is 0 Å². The van der Waals surface area contributed by atoms with Crippen LogP contribution in [-0.4, -0.2) is 35.8 Å². The van der Waals surface area contributed by atoms with Crippen LogP contribution >= 0.6 is 0 Å². The zero-order valence-corrected chi connectivity index (χ0v) is 11.9. The van der Waals surface area contributed by atoms with Crippen molar-refractivity contribution in [3.63, 3.8) is 0 Å². The van der Waals surface area contributed by atoms with Crippen LogP contribution in [0, 0.1) is 6.92 Å². The first-order chi connectivity index (χ1) is 8.65. The van der Waals surface area contributed by atoms with Crippen molar-refractivity contribution in [2.24, 2.45) is 5.73 Å². The molecule has 0 aliphatic carbocycles. The van der Waals surface area contributed by atoms with Gasteiger partial charge in [-0.15, -0.1) is 0 Å². The monoisotopic (exact) mass is 294 g/mol. The number of anilines is 1. The highest BCUT2D eigenvalue weighted by Crippen LogP contribution is 2.12. The lowest BCUT2D eigenvalue weighted by Crippen LogP contribution is -2.03. The van der Waals surface area contributed by atoms with E-state index in [4.69, 9.17) is 34.1 Å². The Hall–Kier alpha value is -1.19. The van der Waals surface area contributed by atoms with E-state index in [0.717, 1.165) is 17.7 Å². The number of nitrogen functional groups attached to an aromatic ring is 1. The van der Waals surface area contributed by atoms with Gasteiger partial charge >= 0.3 is 10.4 Å². The molecule has 0 radical (unpaired) electrons. The number of aryl methyl sites for hydroxylation is 1. The molecular formula is C11H22N2O5S. The maximum atomic E-state index is 8.74. The largest absolute Gasteiger partial charge is 0.399 e. The Kier molecular flexibility index (Phi) is 11.3. The third-order valence-corrected chi connectivity index (χ3v) is 1.77. The van der Waals surface area contributed by atoms with Crippen molar-refractivity contribution in [2.45, 2.75) is 20.3 Å². The van der Waals surface area contributed by atoms with Crippen molar-refractivity contribution in [1.29, 1.82) is 0 Å². The number of hydrogen-bond donors (Lipinski definition) is 5. The van der Waals surface area contributed by atoms with Crippen LogP contribution in [-0.2, 0) is 16.8 Å². The quantitative estimate of drug-likeness (QED) is 0.392. The second-order valence-corrected chi connectivity index (χ2v) is 4.39. The van der Waals surface area contributed by atoms with Crippen LogP contribution in [0.1, 0.15) is 18.1 Å². The van der Waals surface area contributed by atoms with Crippen molar-refractivity contribution < 1.29 is 22.6 Å². The molecule has 7 nitrogen and oxygen atoms in total. The van der Waals surface area contributed by atoms with Gasteiger partial charge in [0.2, 0.25) is 0 Å². The molecule has 0 heterocycles. The minimum atomic E-state index is -4.67. The van der Waals surface area contributed by atoms with Crippen LogP contribution in [0.2, 0.25) is 0 Å². The van der Waals surface area contributed by atoms with Gasteiger partial charge in [0.15, 0.2) is 0 Å². The van der Waals surface area contributed by atoms with Crippen molar-refractivity contribution >= 4 is 16.1 Å². The molecule has 1 aromatic rings. The molecule has 19 heavy (non-hydrogen) atoms. The van der Waals surface area contributed by atoms with Gasteiger partial charge in [0, 0.05) is 12.3 Å². The number of hydrogen-bond acceptors (Lipinski definition) is 5. The second-order valence-electron chi connectivity index (χ2n) is 3.49. The lowest BCUT2D eigenvalue weighted by Gasteiger charge is -2.02. The molecule has 0 bridgehead atoms. The molecule has 1 aromatic carbocycles. The molecule has 112 valence electrons. The van der Waals surface area contributed by atoms with Gasteiger partial charge in [-0.05, 0) is 44.0 Å². The highest BCUT2D eigenvalue weighted by Gasteiger charge is 1.94. The predicted octanol–water partition coefficient (Wildman–Crippen LogP) is 0.424. The Balaban J connectivity index is 0. The van der Waals surface area contributed by atoms with E-state index in [2.05, 4.69) is 6.07 Å². The Morgan fingerprint density at radius 2 is 1.68 bits per heavy atom. The maximum absolute atomic E-state index is 8.74. The minimum Gasteiger partial charge on any atom is -0.399 e. The van der Waals surface area contributed by atoms with E-state index in [1.165, 1.54) is 5.56 Å². The fourth-order valence-electron chi connectivity index (χ4n) is 1.06. The number of rotatable bonds is 2. The summed E-state index contributed by atoms with van der Waals surface area (Å²) in [6, 6.07) is 6.04. The van der Waals surface area contributed by atoms with Crippen LogP contribution in [0.15, 0.2) is 18.2 Å². The summed E-state index contributed by atoms with van der Waals surface area (Å²) >= 11 is 0. The van der Waals surface area contributed by atoms with Crippen LogP contribution < -0.4 is 11.5 Å². The summed E-state index contributed by atoms with van der Waals surface area (Å²) in [6.45, 7) is 4.64. The summed E-state index contributed by atoms with van der Waals surface area (Å²) in [7, 11) is -4.67. The second kappa shape index (κ2) is 10.7. The highest BCUT2D eigenvalue weighted by atomic mass is 32.3. The van der Waals surface area contributed by atoms with Gasteiger partial charge in [-0.1, -0.05) is 12.1 Å². The zero-order chi connectivity index (χ0) is 15.5. The standard InChI is InChI=1S/C9H14N2.C2H6O.H2O4S/c1-7-6-8(4-5-10)2-3-9(7)11;1-2-3;1-5(2,3)4/h2-3,6H,4-5,10-11H2,1H3;3H,2H2,1H3;(H2,1,2,3,4). The van der Waals surface area contributed by atoms with Crippen molar-refractivity contribution in [3.8, 4) is 0 Å². The first-order valence-electron chi connectivity index (χ1n) is 5.51. The fraction of sp³-hybridized carbons (Fsp3) is 0.455. The molecule has 0 aliphatic rings. The third kappa shape index (κ3) is 16.8. The van der Waals surface area contributed by atoms with E-state index in [1.54, 1.807) is 6.92 Å². The lowest BCUT2D eigenvalue weighted by molar-refractivity contribution is 0.318. The number of aliphatic hydroxyl groups excluding tert-OH is 1. The summed E-state index contributed by atoms with van der Waals surface area (Å²) in [5, 5.41) is 7.57. The van der Waals surface area contributed by atoms with Crippen LogP contribution in [0.5, 0.6) is 0 Å². The molecule has 8 heteroatoms. The Morgan fingerprint density at radius 1 is 1.26 bits per heavy atom. The van der Waals surface area contributed by atoms with Gasteiger partial charge in [-0.25, -0.2) is 0 Å². The number of aliphatic hydroxyl groups is 1. The van der Waals surface area contributed by atoms with E-state index in [9.17, 15) is 0 Å². The molecule has 1 rings (SSSR count). The minimum absolute atomic E-state index is 0.250. The summed E-state index contributed by atoms with van der Waals surface area (Å²) in [5.41, 5.74) is 14.3. The Labute approximate surface area is 113 Å². The number of nitrogens with two attached hydrogens (primary N) is 2. The molecular weight excluding hydrogens is 272 g/mol. The van der Waals surface area contributed by atoms with Gasteiger partial charge in [-0.3, -0.25) is 9.11 Å². The molecule has 0 amide bonds. The molecule has 0 saturated heterocycles. The molecule has 7 N–H and O–H groups in total. The van der Waals surface area contributed by atoms with Gasteiger partial charge in [-0.2, -0.15) is 8.42 Å². The summed E-state index contributed by atoms with van der Waals surface area (Å²) in [4.78, 5) is 0. The van der Waals surface area contributed by atoms with E-state index >= 15 is 0 Å². The maximum Gasteiger partial charge on any atom is 0.394 e. The molecule has 0 unspecified atom stereocenters. The Bertz CT molecular complexity index is 440. The average molecular weight is 294 g/mol. The Morgan fingerprint density at radius 3 is 2.00 bits per heavy atom. The lowest BCUT2D eigenvalue weighted by atomic mass is 10.1. The highest BCUT2D eigenvalue weighted by molar-refractivity contribution is 7.79. The van der Waals surface area contributed by atoms with Crippen LogP contribution in [0.4, 0.5) is 5.69 Å². The third-order valence-electron chi connectivity index (χ3n) is 1.77. The predicted molar refractivity (Wildman–Crippen MR) is 75.3 cm³/mol. The number of benzene rings is 1. The summed E-state index contributed by atoms with van der Waals surface area (Å²) < 4.78 is 31.6. The molecule has 0 aliphatic heterocycles. The van der Waals surface area contributed by atoms with Gasteiger partial charge in [0.25, 0.3) is 0 Å². The van der Waals surface area contributed by atoms with Crippen molar-refractivity contribution in [3.05, 3.63) is 29.3 Å². The average Bonchev–Trinajstić information content (AvgIpc) is 2.23. The SMILES string of the molecule is CCO.Cc1cc(CCN)ccc1N.O=S(=O)(O)O. The van der Waals surface area contributed by atoms with E-state index in [0.29, 0.717) is 6.54 Å². The molecule has 0 atom stereocenters. The zero-order valence-electron chi connectivity index (χ0n) is 11.1. The van der Waals surface area contributed by atoms with E-state index in [-0.39, 0.29) is 6.61 Å². The van der Waals surface area contributed by atoms with Crippen LogP contribution in [0.25, 0.3) is 0 Å². The summed E-state index contributed by atoms with van der Waals surface area (Å²) in [6.07, 6.45) is 0.932.